The van der Waals surface area contributed by atoms with Gasteiger partial charge in [-0.1, -0.05) is 46.0 Å². The van der Waals surface area contributed by atoms with Crippen LogP contribution in [0.3, 0.4) is 0 Å². The third-order valence-corrected chi connectivity index (χ3v) is 5.30. The topological polar surface area (TPSA) is 35.0 Å². The molecular formula is C23H32N2O. The van der Waals surface area contributed by atoms with Gasteiger partial charge < -0.3 is 4.74 Å². The van der Waals surface area contributed by atoms with Gasteiger partial charge in [0.15, 0.2) is 5.82 Å². The zero-order valence-corrected chi connectivity index (χ0v) is 16.3. The van der Waals surface area contributed by atoms with Gasteiger partial charge in [0, 0.05) is 17.5 Å². The third-order valence-electron chi connectivity index (χ3n) is 5.30. The first-order valence-electron chi connectivity index (χ1n) is 10.4. The van der Waals surface area contributed by atoms with E-state index in [0.717, 1.165) is 48.9 Å². The van der Waals surface area contributed by atoms with E-state index >= 15 is 0 Å². The molecule has 0 saturated heterocycles. The van der Waals surface area contributed by atoms with Gasteiger partial charge in [-0.2, -0.15) is 0 Å². The maximum absolute atomic E-state index is 5.65. The predicted molar refractivity (Wildman–Crippen MR) is 108 cm³/mol. The highest BCUT2D eigenvalue weighted by molar-refractivity contribution is 5.56. The molecule has 0 saturated carbocycles. The molecule has 3 rings (SSSR count). The van der Waals surface area contributed by atoms with Crippen molar-refractivity contribution in [2.24, 2.45) is 5.92 Å². The summed E-state index contributed by atoms with van der Waals surface area (Å²) >= 11 is 0. The number of fused-ring (bicyclic) bond motifs is 1. The van der Waals surface area contributed by atoms with Gasteiger partial charge in [-0.05, 0) is 61.4 Å². The lowest BCUT2D eigenvalue weighted by atomic mass is 9.84. The summed E-state index contributed by atoms with van der Waals surface area (Å²) in [5.74, 6) is 2.58. The summed E-state index contributed by atoms with van der Waals surface area (Å²) in [7, 11) is 0. The highest BCUT2D eigenvalue weighted by Gasteiger charge is 2.20. The van der Waals surface area contributed by atoms with Crippen LogP contribution in [0.25, 0.3) is 11.4 Å². The van der Waals surface area contributed by atoms with Crippen molar-refractivity contribution in [2.75, 3.05) is 6.61 Å². The molecule has 140 valence electrons. The second-order valence-electron chi connectivity index (χ2n) is 7.50. The average Bonchev–Trinajstić information content (AvgIpc) is 2.69. The highest BCUT2D eigenvalue weighted by Crippen LogP contribution is 2.29. The lowest BCUT2D eigenvalue weighted by Gasteiger charge is -2.24. The van der Waals surface area contributed by atoms with E-state index in [1.807, 2.05) is 12.1 Å². The normalized spacial score (nSPS) is 16.3. The molecule has 0 spiro atoms. The van der Waals surface area contributed by atoms with Crippen LogP contribution in [0.15, 0.2) is 30.5 Å². The quantitative estimate of drug-likeness (QED) is 0.519. The van der Waals surface area contributed by atoms with Crippen molar-refractivity contribution in [1.29, 1.82) is 0 Å². The zero-order valence-electron chi connectivity index (χ0n) is 16.3. The van der Waals surface area contributed by atoms with Gasteiger partial charge in [0.25, 0.3) is 0 Å². The standard InChI is InChI=1S/C23H32N2O/c1-3-5-6-7-8-18-9-14-22-20(16-18)17-24-23(25-22)19-10-12-21(13-11-19)26-15-4-2/h10-13,17-18H,3-9,14-16H2,1-2H3. The smallest absolute Gasteiger partial charge is 0.159 e. The van der Waals surface area contributed by atoms with Crippen LogP contribution >= 0.6 is 0 Å². The van der Waals surface area contributed by atoms with E-state index in [0.29, 0.717) is 0 Å². The largest absolute Gasteiger partial charge is 0.494 e. The molecule has 26 heavy (non-hydrogen) atoms. The Bertz CT molecular complexity index is 681. The van der Waals surface area contributed by atoms with Crippen molar-refractivity contribution in [1.82, 2.24) is 9.97 Å². The minimum atomic E-state index is 0.758. The van der Waals surface area contributed by atoms with Crippen LogP contribution in [0.4, 0.5) is 0 Å². The maximum atomic E-state index is 5.65. The van der Waals surface area contributed by atoms with E-state index in [1.165, 1.54) is 49.8 Å². The van der Waals surface area contributed by atoms with E-state index in [9.17, 15) is 0 Å². The molecule has 3 heteroatoms. The first-order chi connectivity index (χ1) is 12.8. The van der Waals surface area contributed by atoms with Crippen LogP contribution in [0, 0.1) is 5.92 Å². The number of hydrogen-bond acceptors (Lipinski definition) is 3. The van der Waals surface area contributed by atoms with E-state index in [-0.39, 0.29) is 0 Å². The van der Waals surface area contributed by atoms with Crippen molar-refractivity contribution in [3.8, 4) is 17.1 Å². The SMILES string of the molecule is CCCCCCC1CCc2nc(-c3ccc(OCCC)cc3)ncc2C1. The van der Waals surface area contributed by atoms with Crippen LogP contribution in [0.5, 0.6) is 5.75 Å². The second-order valence-corrected chi connectivity index (χ2v) is 7.50. The Morgan fingerprint density at radius 2 is 1.88 bits per heavy atom. The fraction of sp³-hybridized carbons (Fsp3) is 0.565. The summed E-state index contributed by atoms with van der Waals surface area (Å²) in [5, 5.41) is 0. The Balaban J connectivity index is 1.61. The summed E-state index contributed by atoms with van der Waals surface area (Å²) in [4.78, 5) is 9.51. The molecular weight excluding hydrogens is 320 g/mol. The molecule has 1 atom stereocenters. The molecule has 1 aromatic heterocycles. The van der Waals surface area contributed by atoms with E-state index < -0.39 is 0 Å². The number of rotatable bonds is 9. The summed E-state index contributed by atoms with van der Waals surface area (Å²) in [6.07, 6.45) is 13.4. The van der Waals surface area contributed by atoms with Gasteiger partial charge in [0.05, 0.1) is 6.61 Å². The Morgan fingerprint density at radius 3 is 2.65 bits per heavy atom. The zero-order chi connectivity index (χ0) is 18.2. The average molecular weight is 353 g/mol. The number of ether oxygens (including phenoxy) is 1. The van der Waals surface area contributed by atoms with Crippen LogP contribution in [0.1, 0.15) is 70.1 Å². The van der Waals surface area contributed by atoms with Crippen LogP contribution in [-0.4, -0.2) is 16.6 Å². The first-order valence-corrected chi connectivity index (χ1v) is 10.4. The summed E-state index contributed by atoms with van der Waals surface area (Å²) in [6, 6.07) is 8.15. The van der Waals surface area contributed by atoms with Crippen LogP contribution in [-0.2, 0) is 12.8 Å². The Labute approximate surface area is 158 Å². The molecule has 1 aliphatic carbocycles. The second kappa shape index (κ2) is 9.70. The van der Waals surface area contributed by atoms with Crippen molar-refractivity contribution in [2.45, 2.75) is 71.6 Å². The predicted octanol–water partition coefficient (Wildman–Crippen LogP) is 6.01. The monoisotopic (exact) mass is 352 g/mol. The number of unbranched alkanes of at least 4 members (excludes halogenated alkanes) is 3. The molecule has 2 aromatic rings. The van der Waals surface area contributed by atoms with Gasteiger partial charge in [0.1, 0.15) is 5.75 Å². The van der Waals surface area contributed by atoms with Gasteiger partial charge >= 0.3 is 0 Å². The van der Waals surface area contributed by atoms with E-state index in [4.69, 9.17) is 9.72 Å². The molecule has 1 aromatic carbocycles. The number of aryl methyl sites for hydroxylation is 1. The molecule has 0 aliphatic heterocycles. The Hall–Kier alpha value is -1.90. The number of aromatic nitrogens is 2. The van der Waals surface area contributed by atoms with E-state index in [2.05, 4.69) is 37.2 Å². The lowest BCUT2D eigenvalue weighted by molar-refractivity contribution is 0.317. The fourth-order valence-corrected chi connectivity index (χ4v) is 3.75. The van der Waals surface area contributed by atoms with Crippen molar-refractivity contribution < 1.29 is 4.74 Å². The van der Waals surface area contributed by atoms with Crippen molar-refractivity contribution >= 4 is 0 Å². The van der Waals surface area contributed by atoms with Gasteiger partial charge in [0.2, 0.25) is 0 Å². The molecule has 0 N–H and O–H groups in total. The highest BCUT2D eigenvalue weighted by atomic mass is 16.5. The molecule has 0 radical (unpaired) electrons. The molecule has 1 unspecified atom stereocenters. The van der Waals surface area contributed by atoms with Crippen molar-refractivity contribution in [3.63, 3.8) is 0 Å². The lowest BCUT2D eigenvalue weighted by Crippen LogP contribution is -2.16. The minimum Gasteiger partial charge on any atom is -0.494 e. The van der Waals surface area contributed by atoms with Crippen LogP contribution < -0.4 is 4.74 Å². The fourth-order valence-electron chi connectivity index (χ4n) is 3.75. The van der Waals surface area contributed by atoms with Gasteiger partial charge in [-0.25, -0.2) is 9.97 Å². The third kappa shape index (κ3) is 5.06. The van der Waals surface area contributed by atoms with Crippen molar-refractivity contribution in [3.05, 3.63) is 41.7 Å². The number of hydrogen-bond donors (Lipinski definition) is 0. The Morgan fingerprint density at radius 1 is 1.04 bits per heavy atom. The number of benzene rings is 1. The summed E-state index contributed by atoms with van der Waals surface area (Å²) in [5.41, 5.74) is 3.69. The van der Waals surface area contributed by atoms with Crippen LogP contribution in [0.2, 0.25) is 0 Å². The van der Waals surface area contributed by atoms with Gasteiger partial charge in [-0.3, -0.25) is 0 Å². The minimum absolute atomic E-state index is 0.758. The molecule has 0 fully saturated rings. The molecule has 3 nitrogen and oxygen atoms in total. The summed E-state index contributed by atoms with van der Waals surface area (Å²) < 4.78 is 5.65. The number of nitrogens with zero attached hydrogens (tertiary/aromatic N) is 2. The summed E-state index contributed by atoms with van der Waals surface area (Å²) in [6.45, 7) is 5.15. The molecule has 0 bridgehead atoms. The molecule has 0 amide bonds. The van der Waals surface area contributed by atoms with Gasteiger partial charge in [-0.15, -0.1) is 0 Å². The molecule has 1 heterocycles. The maximum Gasteiger partial charge on any atom is 0.159 e. The Kier molecular flexibility index (Phi) is 7.04. The molecule has 1 aliphatic rings. The first kappa shape index (κ1) is 18.9. The van der Waals surface area contributed by atoms with E-state index in [1.54, 1.807) is 0 Å².